The second-order valence-electron chi connectivity index (χ2n) is 5.60. The van der Waals surface area contributed by atoms with Gasteiger partial charge in [0, 0.05) is 22.5 Å². The van der Waals surface area contributed by atoms with E-state index in [-0.39, 0.29) is 29.4 Å². The van der Waals surface area contributed by atoms with Gasteiger partial charge < -0.3 is 25.2 Å². The van der Waals surface area contributed by atoms with Crippen molar-refractivity contribution < 1.29 is 29.4 Å². The number of amides is 2. The van der Waals surface area contributed by atoms with Gasteiger partial charge in [0.05, 0.1) is 12.5 Å². The number of rotatable bonds is 3. The largest absolute Gasteiger partial charge is 0.545 e. The van der Waals surface area contributed by atoms with E-state index in [0.29, 0.717) is 22.5 Å². The van der Waals surface area contributed by atoms with Crippen molar-refractivity contribution in [3.63, 3.8) is 0 Å². The van der Waals surface area contributed by atoms with Crippen molar-refractivity contribution in [2.75, 3.05) is 11.9 Å². The number of carboxylic acid groups (broad SMARTS) is 2. The average molecular weight is 373 g/mol. The van der Waals surface area contributed by atoms with Crippen molar-refractivity contribution in [2.45, 2.75) is 13.0 Å². The fraction of sp³-hybridized carbons (Fsp3) is 0.176. The molecular formula is C17H13N2O6S-. The van der Waals surface area contributed by atoms with Crippen LogP contribution in [0, 0.1) is 0 Å². The highest BCUT2D eigenvalue weighted by Gasteiger charge is 2.29. The predicted octanol–water partition coefficient (Wildman–Crippen LogP) is 0.333. The van der Waals surface area contributed by atoms with E-state index in [9.17, 15) is 24.3 Å². The van der Waals surface area contributed by atoms with E-state index in [4.69, 9.17) is 5.11 Å². The van der Waals surface area contributed by atoms with Crippen LogP contribution < -0.4 is 10.4 Å². The zero-order chi connectivity index (χ0) is 18.8. The van der Waals surface area contributed by atoms with Crippen LogP contribution in [0.4, 0.5) is 5.00 Å². The van der Waals surface area contributed by atoms with Crippen LogP contribution in [0.5, 0.6) is 0 Å². The summed E-state index contributed by atoms with van der Waals surface area (Å²) in [6.45, 7) is 0.487. The van der Waals surface area contributed by atoms with E-state index in [1.165, 1.54) is 0 Å². The summed E-state index contributed by atoms with van der Waals surface area (Å²) in [5.74, 6) is -4.73. The van der Waals surface area contributed by atoms with Gasteiger partial charge in [-0.15, -0.1) is 11.3 Å². The molecule has 0 aliphatic carbocycles. The Balaban J connectivity index is 1.89. The van der Waals surface area contributed by atoms with Gasteiger partial charge in [-0.1, -0.05) is 18.2 Å². The number of nitrogens with one attached hydrogen (secondary N) is 1. The molecule has 0 saturated carbocycles. The van der Waals surface area contributed by atoms with Crippen LogP contribution in [0.15, 0.2) is 30.3 Å². The van der Waals surface area contributed by atoms with Gasteiger partial charge in [0.25, 0.3) is 5.91 Å². The molecule has 2 amide bonds. The summed E-state index contributed by atoms with van der Waals surface area (Å²) < 4.78 is 0. The number of aliphatic carboxylic acids is 1. The summed E-state index contributed by atoms with van der Waals surface area (Å²) in [5, 5.41) is 22.1. The van der Waals surface area contributed by atoms with E-state index in [2.05, 4.69) is 5.32 Å². The molecule has 0 fully saturated rings. The van der Waals surface area contributed by atoms with Crippen LogP contribution in [0.3, 0.4) is 0 Å². The predicted molar refractivity (Wildman–Crippen MR) is 89.8 cm³/mol. The Morgan fingerprint density at radius 3 is 2.46 bits per heavy atom. The molecule has 0 spiro atoms. The van der Waals surface area contributed by atoms with Gasteiger partial charge in [-0.2, -0.15) is 0 Å². The van der Waals surface area contributed by atoms with E-state index in [0.717, 1.165) is 11.3 Å². The molecule has 2 aromatic rings. The number of hydrogen-bond donors (Lipinski definition) is 2. The standard InChI is InChI=1S/C17H14N2O6S/c20-13(17(24)25)18-14-12(16(22)23)10-6-7-19(8-11(10)26-14)15(21)9-4-2-1-3-5-9/h1-5H,6-8H2,(H,18,20)(H,22,23)(H,24,25)/p-1. The summed E-state index contributed by atoms with van der Waals surface area (Å²) in [4.78, 5) is 48.3. The lowest BCUT2D eigenvalue weighted by atomic mass is 10.0. The van der Waals surface area contributed by atoms with Crippen LogP contribution in [0.2, 0.25) is 0 Å². The molecule has 3 rings (SSSR count). The molecule has 0 radical (unpaired) electrons. The number of anilines is 1. The van der Waals surface area contributed by atoms with Crippen LogP contribution in [0.1, 0.15) is 31.2 Å². The van der Waals surface area contributed by atoms with Crippen molar-refractivity contribution in [1.29, 1.82) is 0 Å². The Kier molecular flexibility index (Phi) is 4.72. The molecule has 1 aromatic heterocycles. The average Bonchev–Trinajstić information content (AvgIpc) is 2.98. The van der Waals surface area contributed by atoms with Crippen LogP contribution in [-0.2, 0) is 22.6 Å². The van der Waals surface area contributed by atoms with E-state index in [1.807, 2.05) is 0 Å². The molecule has 0 saturated heterocycles. The third kappa shape index (κ3) is 3.29. The van der Waals surface area contributed by atoms with Crippen molar-refractivity contribution in [3.8, 4) is 0 Å². The lowest BCUT2D eigenvalue weighted by Gasteiger charge is -2.27. The number of carbonyl (C=O) groups is 4. The van der Waals surface area contributed by atoms with E-state index >= 15 is 0 Å². The molecular weight excluding hydrogens is 360 g/mol. The van der Waals surface area contributed by atoms with Crippen molar-refractivity contribution in [2.24, 2.45) is 0 Å². The van der Waals surface area contributed by atoms with Crippen LogP contribution in [0.25, 0.3) is 0 Å². The second-order valence-corrected chi connectivity index (χ2v) is 6.70. The normalized spacial score (nSPS) is 13.0. The molecule has 1 aliphatic heterocycles. The van der Waals surface area contributed by atoms with Crippen molar-refractivity contribution in [3.05, 3.63) is 51.9 Å². The van der Waals surface area contributed by atoms with Crippen molar-refractivity contribution in [1.82, 2.24) is 4.90 Å². The smallest absolute Gasteiger partial charge is 0.394 e. The first-order chi connectivity index (χ1) is 12.4. The first-order valence-electron chi connectivity index (χ1n) is 7.63. The molecule has 134 valence electrons. The third-order valence-electron chi connectivity index (χ3n) is 3.99. The van der Waals surface area contributed by atoms with Crippen LogP contribution in [-0.4, -0.2) is 40.3 Å². The number of thiophene rings is 1. The molecule has 0 bridgehead atoms. The minimum absolute atomic E-state index is 0.0867. The summed E-state index contributed by atoms with van der Waals surface area (Å²) in [6.07, 6.45) is 0.274. The molecule has 0 atom stereocenters. The van der Waals surface area contributed by atoms with Gasteiger partial charge in [0.15, 0.2) is 0 Å². The summed E-state index contributed by atoms with van der Waals surface area (Å²) in [6, 6.07) is 8.69. The van der Waals surface area contributed by atoms with Crippen LogP contribution >= 0.6 is 11.3 Å². The zero-order valence-corrected chi connectivity index (χ0v) is 14.2. The Hall–Kier alpha value is -3.20. The lowest BCUT2D eigenvalue weighted by Crippen LogP contribution is -2.36. The fourth-order valence-electron chi connectivity index (χ4n) is 2.80. The number of nitrogens with zero attached hydrogens (tertiary/aromatic N) is 1. The number of carbonyl (C=O) groups excluding carboxylic acids is 3. The zero-order valence-electron chi connectivity index (χ0n) is 13.4. The minimum atomic E-state index is -1.72. The lowest BCUT2D eigenvalue weighted by molar-refractivity contribution is -0.255. The number of benzene rings is 1. The number of fused-ring (bicyclic) bond motifs is 1. The third-order valence-corrected chi connectivity index (χ3v) is 5.12. The van der Waals surface area contributed by atoms with Gasteiger partial charge in [0.1, 0.15) is 5.00 Å². The van der Waals surface area contributed by atoms with E-state index < -0.39 is 17.8 Å². The van der Waals surface area contributed by atoms with Crippen molar-refractivity contribution >= 4 is 40.1 Å². The first kappa shape index (κ1) is 17.6. The number of hydrogen-bond acceptors (Lipinski definition) is 6. The maximum atomic E-state index is 12.6. The first-order valence-corrected chi connectivity index (χ1v) is 8.44. The maximum Gasteiger partial charge on any atom is 0.394 e. The highest BCUT2D eigenvalue weighted by Crippen LogP contribution is 2.37. The number of carboxylic acids is 2. The molecule has 2 heterocycles. The monoisotopic (exact) mass is 373 g/mol. The van der Waals surface area contributed by atoms with Gasteiger partial charge in [-0.25, -0.2) is 4.79 Å². The second kappa shape index (κ2) is 6.96. The van der Waals surface area contributed by atoms with E-state index in [1.54, 1.807) is 35.2 Å². The Bertz CT molecular complexity index is 905. The molecule has 2 N–H and O–H groups in total. The Labute approximate surface area is 151 Å². The molecule has 1 aliphatic rings. The summed E-state index contributed by atoms with van der Waals surface area (Å²) in [5.41, 5.74) is 0.770. The Morgan fingerprint density at radius 1 is 1.15 bits per heavy atom. The highest BCUT2D eigenvalue weighted by molar-refractivity contribution is 7.17. The van der Waals surface area contributed by atoms with Gasteiger partial charge in [-0.3, -0.25) is 9.59 Å². The molecule has 26 heavy (non-hydrogen) atoms. The SMILES string of the molecule is O=C(O)C(=O)Nc1sc2c(c1C(=O)[O-])CCN(C(=O)c1ccccc1)C2. The van der Waals surface area contributed by atoms with Gasteiger partial charge >= 0.3 is 11.9 Å². The number of aromatic carboxylic acids is 1. The van der Waals surface area contributed by atoms with Gasteiger partial charge in [-0.05, 0) is 24.1 Å². The minimum Gasteiger partial charge on any atom is -0.545 e. The fourth-order valence-corrected chi connectivity index (χ4v) is 4.05. The highest BCUT2D eigenvalue weighted by atomic mass is 32.1. The molecule has 0 unspecified atom stereocenters. The molecule has 8 nitrogen and oxygen atoms in total. The quantitative estimate of drug-likeness (QED) is 0.747. The topological polar surface area (TPSA) is 127 Å². The van der Waals surface area contributed by atoms with Gasteiger partial charge in [0.2, 0.25) is 0 Å². The Morgan fingerprint density at radius 2 is 1.85 bits per heavy atom. The molecule has 9 heteroatoms. The maximum absolute atomic E-state index is 12.6. The molecule has 1 aromatic carbocycles. The summed E-state index contributed by atoms with van der Waals surface area (Å²) >= 11 is 0.942. The summed E-state index contributed by atoms with van der Waals surface area (Å²) in [7, 11) is 0.